The van der Waals surface area contributed by atoms with Gasteiger partial charge in [0.25, 0.3) is 0 Å². The molecule has 142 valence electrons. The Kier molecular flexibility index (Phi) is 5.54. The smallest absolute Gasteiger partial charge is 0.246 e. The van der Waals surface area contributed by atoms with Gasteiger partial charge in [0.15, 0.2) is 0 Å². The number of sulfonamides is 1. The summed E-state index contributed by atoms with van der Waals surface area (Å²) < 4.78 is 37.9. The van der Waals surface area contributed by atoms with E-state index >= 15 is 0 Å². The molecule has 0 amide bonds. The lowest BCUT2D eigenvalue weighted by atomic mass is 10.2. The van der Waals surface area contributed by atoms with Gasteiger partial charge in [-0.25, -0.2) is 8.42 Å². The number of piperazine rings is 1. The Balaban J connectivity index is 1.75. The summed E-state index contributed by atoms with van der Waals surface area (Å²) in [7, 11) is -0.703. The number of hydrogen-bond donors (Lipinski definition) is 0. The molecule has 0 atom stereocenters. The number of nitrogens with zero attached hydrogens (tertiary/aromatic N) is 3. The summed E-state index contributed by atoms with van der Waals surface area (Å²) in [6.45, 7) is 1.89. The van der Waals surface area contributed by atoms with Crippen LogP contribution in [0.5, 0.6) is 11.5 Å². The molecule has 2 aromatic carbocycles. The summed E-state index contributed by atoms with van der Waals surface area (Å²) in [4.78, 5) is 2.25. The zero-order valence-electron chi connectivity index (χ0n) is 15.3. The van der Waals surface area contributed by atoms with Gasteiger partial charge in [0.05, 0.1) is 25.9 Å². The lowest BCUT2D eigenvalue weighted by Gasteiger charge is -2.35. The van der Waals surface area contributed by atoms with Crippen LogP contribution in [0, 0.1) is 11.3 Å². The molecule has 0 bridgehead atoms. The molecule has 3 rings (SSSR count). The van der Waals surface area contributed by atoms with Crippen molar-refractivity contribution in [3.8, 4) is 17.6 Å². The third-order valence-corrected chi connectivity index (χ3v) is 6.53. The Morgan fingerprint density at radius 1 is 0.963 bits per heavy atom. The molecule has 1 aliphatic heterocycles. The first-order chi connectivity index (χ1) is 13.0. The molecule has 0 unspecified atom stereocenters. The van der Waals surface area contributed by atoms with Crippen LogP contribution in [0.15, 0.2) is 47.4 Å². The molecule has 0 aliphatic carbocycles. The molecule has 7 nitrogen and oxygen atoms in total. The molecule has 0 spiro atoms. The van der Waals surface area contributed by atoms with Gasteiger partial charge < -0.3 is 14.4 Å². The molecular formula is C19H21N3O4S. The number of hydrogen-bond acceptors (Lipinski definition) is 6. The van der Waals surface area contributed by atoms with E-state index < -0.39 is 10.0 Å². The molecule has 1 aliphatic rings. The van der Waals surface area contributed by atoms with Gasteiger partial charge in [-0.05, 0) is 36.4 Å². The van der Waals surface area contributed by atoms with Crippen LogP contribution >= 0.6 is 0 Å². The summed E-state index contributed by atoms with van der Waals surface area (Å²) in [5, 5.41) is 8.89. The van der Waals surface area contributed by atoms with Crippen molar-refractivity contribution < 1.29 is 17.9 Å². The molecule has 1 saturated heterocycles. The van der Waals surface area contributed by atoms with E-state index in [4.69, 9.17) is 14.7 Å². The highest BCUT2D eigenvalue weighted by molar-refractivity contribution is 7.89. The van der Waals surface area contributed by atoms with E-state index in [-0.39, 0.29) is 10.6 Å². The van der Waals surface area contributed by atoms with Crippen LogP contribution in [0.2, 0.25) is 0 Å². The molecule has 0 aromatic heterocycles. The largest absolute Gasteiger partial charge is 0.497 e. The number of nitriles is 1. The molecule has 0 N–H and O–H groups in total. The van der Waals surface area contributed by atoms with E-state index in [9.17, 15) is 8.42 Å². The Morgan fingerprint density at radius 3 is 2.19 bits per heavy atom. The van der Waals surface area contributed by atoms with E-state index in [0.717, 1.165) is 5.69 Å². The molecule has 1 fully saturated rings. The number of ether oxygens (including phenoxy) is 2. The van der Waals surface area contributed by atoms with Crippen molar-refractivity contribution in [1.82, 2.24) is 4.31 Å². The molecule has 0 saturated carbocycles. The van der Waals surface area contributed by atoms with E-state index in [2.05, 4.69) is 11.0 Å². The molecule has 8 heteroatoms. The van der Waals surface area contributed by atoms with Gasteiger partial charge in [-0.1, -0.05) is 0 Å². The van der Waals surface area contributed by atoms with Gasteiger partial charge >= 0.3 is 0 Å². The fourth-order valence-corrected chi connectivity index (χ4v) is 4.62. The molecule has 2 aromatic rings. The monoisotopic (exact) mass is 387 g/mol. The van der Waals surface area contributed by atoms with Gasteiger partial charge in [0.2, 0.25) is 10.0 Å². The van der Waals surface area contributed by atoms with Crippen molar-refractivity contribution in [2.24, 2.45) is 0 Å². The van der Waals surface area contributed by atoms with Crippen LogP contribution in [0.3, 0.4) is 0 Å². The van der Waals surface area contributed by atoms with Crippen molar-refractivity contribution in [2.75, 3.05) is 45.3 Å². The predicted octanol–water partition coefficient (Wildman–Crippen LogP) is 2.09. The third-order valence-electron chi connectivity index (χ3n) is 4.59. The fraction of sp³-hybridized carbons (Fsp3) is 0.316. The van der Waals surface area contributed by atoms with Crippen LogP contribution in [-0.4, -0.2) is 53.1 Å². The van der Waals surface area contributed by atoms with E-state index in [1.807, 2.05) is 12.1 Å². The van der Waals surface area contributed by atoms with Crippen molar-refractivity contribution in [1.29, 1.82) is 5.26 Å². The average molecular weight is 387 g/mol. The minimum Gasteiger partial charge on any atom is -0.497 e. The number of rotatable bonds is 5. The van der Waals surface area contributed by atoms with Crippen LogP contribution in [-0.2, 0) is 10.0 Å². The van der Waals surface area contributed by atoms with Crippen molar-refractivity contribution in [3.05, 3.63) is 48.0 Å². The Bertz CT molecular complexity index is 944. The first-order valence-corrected chi connectivity index (χ1v) is 9.91. The van der Waals surface area contributed by atoms with Crippen molar-refractivity contribution >= 4 is 15.7 Å². The van der Waals surface area contributed by atoms with Crippen molar-refractivity contribution in [3.63, 3.8) is 0 Å². The highest BCUT2D eigenvalue weighted by Crippen LogP contribution is 2.31. The molecular weight excluding hydrogens is 366 g/mol. The fourth-order valence-electron chi connectivity index (χ4n) is 3.06. The average Bonchev–Trinajstić information content (AvgIpc) is 2.73. The summed E-state index contributed by atoms with van der Waals surface area (Å²) >= 11 is 0. The number of methoxy groups -OCH3 is 2. The van der Waals surface area contributed by atoms with Gasteiger partial charge in [-0.15, -0.1) is 0 Å². The lowest BCUT2D eigenvalue weighted by Crippen LogP contribution is -2.48. The second-order valence-corrected chi connectivity index (χ2v) is 7.97. The highest BCUT2D eigenvalue weighted by atomic mass is 32.2. The summed E-state index contributed by atoms with van der Waals surface area (Å²) in [5.74, 6) is 0.806. The molecule has 27 heavy (non-hydrogen) atoms. The molecule has 0 radical (unpaired) electrons. The van der Waals surface area contributed by atoms with Gasteiger partial charge in [-0.2, -0.15) is 9.57 Å². The Morgan fingerprint density at radius 2 is 1.63 bits per heavy atom. The van der Waals surface area contributed by atoms with Crippen LogP contribution < -0.4 is 14.4 Å². The third kappa shape index (κ3) is 3.84. The highest BCUT2D eigenvalue weighted by Gasteiger charge is 2.31. The van der Waals surface area contributed by atoms with Gasteiger partial charge in [0.1, 0.15) is 16.4 Å². The van der Waals surface area contributed by atoms with E-state index in [1.54, 1.807) is 24.3 Å². The van der Waals surface area contributed by atoms with Gasteiger partial charge in [0, 0.05) is 37.9 Å². The topological polar surface area (TPSA) is 82.9 Å². The predicted molar refractivity (Wildman–Crippen MR) is 102 cm³/mol. The van der Waals surface area contributed by atoms with Crippen molar-refractivity contribution in [2.45, 2.75) is 4.90 Å². The van der Waals surface area contributed by atoms with Gasteiger partial charge in [-0.3, -0.25) is 0 Å². The maximum atomic E-state index is 13.0. The molecule has 1 heterocycles. The lowest BCUT2D eigenvalue weighted by molar-refractivity contribution is 0.370. The van der Waals surface area contributed by atoms with E-state index in [1.165, 1.54) is 24.6 Å². The van der Waals surface area contributed by atoms with Crippen LogP contribution in [0.25, 0.3) is 0 Å². The number of benzene rings is 2. The normalized spacial score (nSPS) is 15.2. The Labute approximate surface area is 159 Å². The standard InChI is InChI=1S/C19H21N3O4S/c1-25-17-7-8-19(18(13-17)26-2)27(23,24)22-11-9-21(10-12-22)16-5-3-15(14-20)4-6-16/h3-8,13H,9-12H2,1-2H3. The maximum Gasteiger partial charge on any atom is 0.246 e. The second-order valence-electron chi connectivity index (χ2n) is 6.07. The quantitative estimate of drug-likeness (QED) is 0.781. The second kappa shape index (κ2) is 7.86. The minimum absolute atomic E-state index is 0.137. The SMILES string of the molecule is COc1ccc(S(=O)(=O)N2CCN(c3ccc(C#N)cc3)CC2)c(OC)c1. The summed E-state index contributed by atoms with van der Waals surface area (Å²) in [6, 6.07) is 14.1. The maximum absolute atomic E-state index is 13.0. The number of anilines is 1. The van der Waals surface area contributed by atoms with E-state index in [0.29, 0.717) is 37.5 Å². The first-order valence-electron chi connectivity index (χ1n) is 8.47. The van der Waals surface area contributed by atoms with Crippen LogP contribution in [0.4, 0.5) is 5.69 Å². The van der Waals surface area contributed by atoms with Crippen LogP contribution in [0.1, 0.15) is 5.56 Å². The summed E-state index contributed by atoms with van der Waals surface area (Å²) in [5.41, 5.74) is 1.58. The zero-order chi connectivity index (χ0) is 19.4. The minimum atomic E-state index is -3.66. The summed E-state index contributed by atoms with van der Waals surface area (Å²) in [6.07, 6.45) is 0. The zero-order valence-corrected chi connectivity index (χ0v) is 16.1. The first kappa shape index (κ1) is 19.0. The Hall–Kier alpha value is -2.76.